The van der Waals surface area contributed by atoms with Crippen LogP contribution in [-0.4, -0.2) is 20.7 Å². The number of nitrogens with zero attached hydrogens (tertiary/aromatic N) is 2. The molecule has 0 saturated carbocycles. The number of carbonyl (C=O) groups is 1. The highest BCUT2D eigenvalue weighted by atomic mass is 32.2. The second kappa shape index (κ2) is 7.74. The van der Waals surface area contributed by atoms with Crippen molar-refractivity contribution in [1.29, 1.82) is 0 Å². The number of anilines is 1. The molecule has 0 amide bonds. The summed E-state index contributed by atoms with van der Waals surface area (Å²) in [6.07, 6.45) is 0.674. The molecular weight excluding hydrogens is 338 g/mol. The molecule has 0 spiro atoms. The van der Waals surface area contributed by atoms with Gasteiger partial charge in [0.05, 0.1) is 5.75 Å². The first kappa shape index (κ1) is 19.1. The predicted octanol–water partition coefficient (Wildman–Crippen LogP) is 2.13. The molecule has 0 aliphatic rings. The van der Waals surface area contributed by atoms with E-state index in [9.17, 15) is 14.4 Å². The summed E-state index contributed by atoms with van der Waals surface area (Å²) in [5.41, 5.74) is 6.97. The van der Waals surface area contributed by atoms with Gasteiger partial charge in [-0.3, -0.25) is 18.7 Å². The molecule has 0 aliphatic heterocycles. The molecule has 1 heterocycles. The summed E-state index contributed by atoms with van der Waals surface area (Å²) < 4.78 is 2.23. The van der Waals surface area contributed by atoms with Crippen LogP contribution >= 0.6 is 11.8 Å². The summed E-state index contributed by atoms with van der Waals surface area (Å²) in [6.45, 7) is 6.25. The van der Waals surface area contributed by atoms with Crippen LogP contribution < -0.4 is 17.0 Å². The van der Waals surface area contributed by atoms with E-state index in [1.54, 1.807) is 0 Å². The van der Waals surface area contributed by atoms with Crippen molar-refractivity contribution in [2.45, 2.75) is 38.6 Å². The Morgan fingerprint density at radius 1 is 1.24 bits per heavy atom. The Balaban J connectivity index is 2.36. The van der Waals surface area contributed by atoms with E-state index < -0.39 is 11.2 Å². The number of benzene rings is 1. The van der Waals surface area contributed by atoms with Gasteiger partial charge >= 0.3 is 5.69 Å². The maximum absolute atomic E-state index is 12.6. The Bertz CT molecular complexity index is 928. The molecule has 134 valence electrons. The van der Waals surface area contributed by atoms with Crippen molar-refractivity contribution in [3.05, 3.63) is 55.7 Å². The first-order valence-electron chi connectivity index (χ1n) is 8.10. The maximum Gasteiger partial charge on any atom is 0.332 e. The lowest BCUT2D eigenvalue weighted by atomic mass is 10.2. The fraction of sp³-hybridized carbons (Fsp3) is 0.389. The predicted molar refractivity (Wildman–Crippen MR) is 102 cm³/mol. The minimum absolute atomic E-state index is 0.0406. The van der Waals surface area contributed by atoms with Gasteiger partial charge in [0.2, 0.25) is 0 Å². The van der Waals surface area contributed by atoms with Gasteiger partial charge in [-0.1, -0.05) is 24.6 Å². The number of Topliss-reactive ketones (excluding diaryl/α,β-unsaturated/α-hetero) is 1. The Morgan fingerprint density at radius 2 is 1.92 bits per heavy atom. The minimum Gasteiger partial charge on any atom is -0.384 e. The van der Waals surface area contributed by atoms with Crippen LogP contribution in [0.3, 0.4) is 0 Å². The van der Waals surface area contributed by atoms with E-state index >= 15 is 0 Å². The minimum atomic E-state index is -0.638. The van der Waals surface area contributed by atoms with Gasteiger partial charge in [-0.05, 0) is 31.9 Å². The standard InChI is InChI=1S/C18H23N3O3S/c1-5-8-21-16(19)15(17(23)20(4)18(21)24)13(22)10-25-14-7-6-11(2)9-12(14)3/h6-7,9H,5,8,10,19H2,1-4H3. The van der Waals surface area contributed by atoms with Gasteiger partial charge in [0.25, 0.3) is 5.56 Å². The molecule has 0 unspecified atom stereocenters. The quantitative estimate of drug-likeness (QED) is 0.629. The van der Waals surface area contributed by atoms with Crippen LogP contribution in [-0.2, 0) is 13.6 Å². The number of nitrogen functional groups attached to an aromatic ring is 1. The summed E-state index contributed by atoms with van der Waals surface area (Å²) in [5, 5.41) is 0. The SMILES string of the molecule is CCCn1c(N)c(C(=O)CSc2ccc(C)cc2C)c(=O)n(C)c1=O. The van der Waals surface area contributed by atoms with Crippen molar-refractivity contribution >= 4 is 23.4 Å². The Morgan fingerprint density at radius 3 is 2.52 bits per heavy atom. The lowest BCUT2D eigenvalue weighted by molar-refractivity contribution is 0.102. The van der Waals surface area contributed by atoms with E-state index in [0.29, 0.717) is 13.0 Å². The average molecular weight is 361 g/mol. The molecule has 0 aliphatic carbocycles. The molecule has 1 aromatic carbocycles. The molecule has 7 heteroatoms. The third kappa shape index (κ3) is 3.87. The van der Waals surface area contributed by atoms with Crippen LogP contribution in [0.2, 0.25) is 0 Å². The fourth-order valence-electron chi connectivity index (χ4n) is 2.66. The summed E-state index contributed by atoms with van der Waals surface area (Å²) in [5.74, 6) is -0.317. The topological polar surface area (TPSA) is 87.1 Å². The van der Waals surface area contributed by atoms with E-state index in [2.05, 4.69) is 0 Å². The third-order valence-electron chi connectivity index (χ3n) is 4.00. The van der Waals surface area contributed by atoms with Crippen LogP contribution in [0.4, 0.5) is 5.82 Å². The lowest BCUT2D eigenvalue weighted by Crippen LogP contribution is -2.42. The summed E-state index contributed by atoms with van der Waals surface area (Å²) >= 11 is 1.36. The molecule has 2 rings (SSSR count). The molecule has 25 heavy (non-hydrogen) atoms. The molecule has 0 bridgehead atoms. The molecule has 0 atom stereocenters. The van der Waals surface area contributed by atoms with Crippen LogP contribution in [0.1, 0.15) is 34.8 Å². The van der Waals surface area contributed by atoms with Gasteiger partial charge in [-0.15, -0.1) is 11.8 Å². The molecule has 0 fully saturated rings. The highest BCUT2D eigenvalue weighted by Gasteiger charge is 2.21. The maximum atomic E-state index is 12.6. The van der Waals surface area contributed by atoms with E-state index in [-0.39, 0.29) is 22.9 Å². The average Bonchev–Trinajstić information content (AvgIpc) is 2.56. The first-order valence-corrected chi connectivity index (χ1v) is 9.09. The normalized spacial score (nSPS) is 10.9. The van der Waals surface area contributed by atoms with Gasteiger partial charge < -0.3 is 5.73 Å². The number of aromatic nitrogens is 2. The zero-order chi connectivity index (χ0) is 18.7. The molecule has 2 aromatic rings. The smallest absolute Gasteiger partial charge is 0.332 e. The second-order valence-electron chi connectivity index (χ2n) is 6.04. The summed E-state index contributed by atoms with van der Waals surface area (Å²) in [6, 6.07) is 5.98. The van der Waals surface area contributed by atoms with E-state index in [0.717, 1.165) is 20.6 Å². The van der Waals surface area contributed by atoms with Crippen molar-refractivity contribution in [2.24, 2.45) is 7.05 Å². The monoisotopic (exact) mass is 361 g/mol. The van der Waals surface area contributed by atoms with Crippen molar-refractivity contribution in [1.82, 2.24) is 9.13 Å². The van der Waals surface area contributed by atoms with Crippen molar-refractivity contribution in [3.8, 4) is 0 Å². The van der Waals surface area contributed by atoms with E-state index in [1.807, 2.05) is 39.0 Å². The molecule has 6 nitrogen and oxygen atoms in total. The van der Waals surface area contributed by atoms with Crippen molar-refractivity contribution in [3.63, 3.8) is 0 Å². The largest absolute Gasteiger partial charge is 0.384 e. The van der Waals surface area contributed by atoms with Gasteiger partial charge in [0, 0.05) is 18.5 Å². The Hall–Kier alpha value is -2.28. The molecule has 2 N–H and O–H groups in total. The number of hydrogen-bond acceptors (Lipinski definition) is 5. The van der Waals surface area contributed by atoms with Crippen molar-refractivity contribution < 1.29 is 4.79 Å². The number of ketones is 1. The van der Waals surface area contributed by atoms with Crippen LogP contribution in [0, 0.1) is 13.8 Å². The molecule has 0 saturated heterocycles. The number of aryl methyl sites for hydroxylation is 2. The zero-order valence-corrected chi connectivity index (χ0v) is 15.8. The highest BCUT2D eigenvalue weighted by molar-refractivity contribution is 8.00. The first-order chi connectivity index (χ1) is 11.8. The van der Waals surface area contributed by atoms with Crippen LogP contribution in [0.15, 0.2) is 32.7 Å². The zero-order valence-electron chi connectivity index (χ0n) is 15.0. The van der Waals surface area contributed by atoms with Gasteiger partial charge in [-0.25, -0.2) is 4.79 Å². The molecule has 1 aromatic heterocycles. The molecular formula is C18H23N3O3S. The van der Waals surface area contributed by atoms with E-state index in [1.165, 1.54) is 23.4 Å². The van der Waals surface area contributed by atoms with Gasteiger partial charge in [-0.2, -0.15) is 0 Å². The Labute approximate surface area is 150 Å². The number of thioether (sulfide) groups is 1. The summed E-state index contributed by atoms with van der Waals surface area (Å²) in [7, 11) is 1.37. The van der Waals surface area contributed by atoms with Crippen molar-refractivity contribution in [2.75, 3.05) is 11.5 Å². The molecule has 0 radical (unpaired) electrons. The van der Waals surface area contributed by atoms with Crippen LogP contribution in [0.5, 0.6) is 0 Å². The lowest BCUT2D eigenvalue weighted by Gasteiger charge is -2.14. The Kier molecular flexibility index (Phi) is 5.89. The third-order valence-corrected chi connectivity index (χ3v) is 5.17. The van der Waals surface area contributed by atoms with Crippen LogP contribution in [0.25, 0.3) is 0 Å². The second-order valence-corrected chi connectivity index (χ2v) is 7.06. The number of hydrogen-bond donors (Lipinski definition) is 1. The summed E-state index contributed by atoms with van der Waals surface area (Å²) in [4.78, 5) is 38.1. The van der Waals surface area contributed by atoms with Gasteiger partial charge in [0.15, 0.2) is 5.78 Å². The highest BCUT2D eigenvalue weighted by Crippen LogP contribution is 2.24. The number of nitrogens with two attached hydrogens (primary N) is 1. The van der Waals surface area contributed by atoms with E-state index in [4.69, 9.17) is 5.73 Å². The fourth-order valence-corrected chi connectivity index (χ4v) is 3.54. The number of rotatable bonds is 6. The number of carbonyl (C=O) groups excluding carboxylic acids is 1. The van der Waals surface area contributed by atoms with Gasteiger partial charge in [0.1, 0.15) is 11.4 Å².